The number of aliphatic hydroxyl groups excluding tert-OH is 2. The van der Waals surface area contributed by atoms with Crippen LogP contribution in [0, 0.1) is 11.8 Å². The van der Waals surface area contributed by atoms with Crippen molar-refractivity contribution in [3.63, 3.8) is 0 Å². The van der Waals surface area contributed by atoms with E-state index in [1.54, 1.807) is 14.1 Å². The van der Waals surface area contributed by atoms with Crippen molar-refractivity contribution >= 4 is 28.9 Å². The Morgan fingerprint density at radius 3 is 2.16 bits per heavy atom. The molecule has 0 spiro atoms. The number of rotatable bonds is 11. The molecule has 1 aromatic rings. The fourth-order valence-corrected chi connectivity index (χ4v) is 7.14. The molecule has 1 aromatic carbocycles. The molecule has 0 aromatic heterocycles. The quantitative estimate of drug-likeness (QED) is 0.239. The first-order valence-corrected chi connectivity index (χ1v) is 15.1. The van der Waals surface area contributed by atoms with Gasteiger partial charge in [-0.3, -0.25) is 24.2 Å². The van der Waals surface area contributed by atoms with E-state index < -0.39 is 58.0 Å². The average molecular weight is 599 g/mol. The van der Waals surface area contributed by atoms with E-state index in [1.807, 2.05) is 25.1 Å². The third-order valence-corrected chi connectivity index (χ3v) is 9.31. The Bertz CT molecular complexity index is 1370. The van der Waals surface area contributed by atoms with Gasteiger partial charge in [0.25, 0.3) is 5.91 Å². The summed E-state index contributed by atoms with van der Waals surface area (Å²) in [6, 6.07) is 0.817. The van der Waals surface area contributed by atoms with Gasteiger partial charge in [-0.25, -0.2) is 0 Å². The van der Waals surface area contributed by atoms with Crippen LogP contribution in [-0.2, 0) is 27.3 Å². The van der Waals surface area contributed by atoms with Gasteiger partial charge in [0.2, 0.25) is 5.78 Å². The summed E-state index contributed by atoms with van der Waals surface area (Å²) in [6.07, 6.45) is 4.38. The molecule has 3 unspecified atom stereocenters. The highest BCUT2D eigenvalue weighted by Gasteiger charge is 2.64. The van der Waals surface area contributed by atoms with Gasteiger partial charge in [-0.1, -0.05) is 26.7 Å². The SMILES string of the molecule is CCCCN(CCCC)Cc1cc(N(C)C)c2c(c1O)C(O)=C1C(=O)[C@]3(O)C(O)=C(C(N)=O)C(=O)C(N(C)C)C3CC1C2. The second kappa shape index (κ2) is 12.3. The van der Waals surface area contributed by atoms with Crippen LogP contribution in [0.25, 0.3) is 5.76 Å². The van der Waals surface area contributed by atoms with Crippen LogP contribution in [0.5, 0.6) is 5.75 Å². The predicted molar refractivity (Wildman–Crippen MR) is 164 cm³/mol. The summed E-state index contributed by atoms with van der Waals surface area (Å²) in [5.74, 6) is -6.42. The summed E-state index contributed by atoms with van der Waals surface area (Å²) in [5.41, 5.74) is 3.99. The number of phenolic OH excluding ortho intramolecular Hbond substituents is 1. The molecule has 6 N–H and O–H groups in total. The number of phenols is 1. The number of likely N-dealkylation sites (N-methyl/N-ethyl adjacent to an activating group) is 1. The zero-order valence-corrected chi connectivity index (χ0v) is 26.1. The van der Waals surface area contributed by atoms with Gasteiger partial charge in [-0.2, -0.15) is 0 Å². The number of primary amides is 1. The minimum absolute atomic E-state index is 0.0585. The van der Waals surface area contributed by atoms with Crippen molar-refractivity contribution in [1.82, 2.24) is 9.80 Å². The van der Waals surface area contributed by atoms with Gasteiger partial charge in [-0.15, -0.1) is 0 Å². The van der Waals surface area contributed by atoms with E-state index >= 15 is 0 Å². The Labute approximate surface area is 253 Å². The lowest BCUT2D eigenvalue weighted by atomic mass is 9.57. The van der Waals surface area contributed by atoms with Gasteiger partial charge in [0.15, 0.2) is 11.4 Å². The van der Waals surface area contributed by atoms with Crippen molar-refractivity contribution < 1.29 is 34.8 Å². The van der Waals surface area contributed by atoms with E-state index in [9.17, 15) is 34.8 Å². The standard InChI is InChI=1S/C32H46N4O7/c1-7-9-11-36(12-10-8-2)16-18-15-21(34(3)4)19-13-17-14-20-25(35(5)6)28(39)24(31(33)42)30(41)32(20,43)29(40)22(17)27(38)23(19)26(18)37/h15,17,20,25,37-38,41,43H,7-14,16H2,1-6H3,(H2,33,42)/t17?,20?,25?,32-/m0/s1. The van der Waals surface area contributed by atoms with Crippen LogP contribution in [0.15, 0.2) is 23.0 Å². The van der Waals surface area contributed by atoms with Gasteiger partial charge < -0.3 is 31.1 Å². The summed E-state index contributed by atoms with van der Waals surface area (Å²) in [5, 5.41) is 46.3. The number of unbranched alkanes of at least 4 members (excludes halogenated alkanes) is 2. The smallest absolute Gasteiger partial charge is 0.255 e. The van der Waals surface area contributed by atoms with E-state index in [2.05, 4.69) is 18.7 Å². The van der Waals surface area contributed by atoms with Crippen LogP contribution in [-0.4, -0.2) is 101 Å². The maximum Gasteiger partial charge on any atom is 0.255 e. The monoisotopic (exact) mass is 598 g/mol. The number of aromatic hydroxyl groups is 1. The summed E-state index contributed by atoms with van der Waals surface area (Å²) in [4.78, 5) is 45.4. The molecule has 1 fully saturated rings. The average Bonchev–Trinajstić information content (AvgIpc) is 2.92. The van der Waals surface area contributed by atoms with Crippen molar-refractivity contribution in [3.05, 3.63) is 39.7 Å². The number of Topliss-reactive ketones (excluding diaryl/α,β-unsaturated/α-hetero) is 2. The second-order valence-corrected chi connectivity index (χ2v) is 12.6. The molecule has 4 atom stereocenters. The predicted octanol–water partition coefficient (Wildman–Crippen LogP) is 2.43. The molecule has 236 valence electrons. The number of nitrogens with two attached hydrogens (primary N) is 1. The number of carbonyl (C=O) groups excluding carboxylic acids is 3. The first kappa shape index (κ1) is 32.5. The minimum atomic E-state index is -2.65. The Balaban J connectivity index is 1.90. The van der Waals surface area contributed by atoms with Crippen LogP contribution < -0.4 is 10.6 Å². The number of hydrogen-bond acceptors (Lipinski definition) is 10. The van der Waals surface area contributed by atoms with Crippen molar-refractivity contribution in [2.24, 2.45) is 17.6 Å². The molecule has 0 aliphatic heterocycles. The number of fused-ring (bicyclic) bond motifs is 3. The Morgan fingerprint density at radius 1 is 1.05 bits per heavy atom. The molecular formula is C32H46N4O7. The molecular weight excluding hydrogens is 552 g/mol. The number of amides is 1. The lowest BCUT2D eigenvalue weighted by molar-refractivity contribution is -0.153. The zero-order valence-electron chi connectivity index (χ0n) is 26.1. The maximum atomic E-state index is 14.2. The number of anilines is 1. The first-order chi connectivity index (χ1) is 20.2. The van der Waals surface area contributed by atoms with Crippen molar-refractivity contribution in [2.75, 3.05) is 46.2 Å². The summed E-state index contributed by atoms with van der Waals surface area (Å²) >= 11 is 0. The highest BCUT2D eigenvalue weighted by atomic mass is 16.3. The minimum Gasteiger partial charge on any atom is -0.508 e. The molecule has 0 radical (unpaired) electrons. The second-order valence-electron chi connectivity index (χ2n) is 12.6. The number of benzene rings is 1. The molecule has 11 heteroatoms. The van der Waals surface area contributed by atoms with Crippen LogP contribution in [0.3, 0.4) is 0 Å². The van der Waals surface area contributed by atoms with Crippen molar-refractivity contribution in [1.29, 1.82) is 0 Å². The molecule has 0 bridgehead atoms. The molecule has 3 aliphatic carbocycles. The van der Waals surface area contributed by atoms with E-state index in [1.165, 1.54) is 4.90 Å². The summed E-state index contributed by atoms with van der Waals surface area (Å²) < 4.78 is 0. The lowest BCUT2D eigenvalue weighted by Gasteiger charge is -2.50. The highest BCUT2D eigenvalue weighted by Crippen LogP contribution is 2.54. The highest BCUT2D eigenvalue weighted by molar-refractivity contribution is 6.24. The molecule has 1 amide bonds. The number of aliphatic hydroxyl groups is 3. The molecule has 4 rings (SSSR count). The zero-order chi connectivity index (χ0) is 32.0. The van der Waals surface area contributed by atoms with E-state index in [0.717, 1.165) is 44.5 Å². The Kier molecular flexibility index (Phi) is 9.30. The maximum absolute atomic E-state index is 14.2. The third kappa shape index (κ3) is 5.32. The molecule has 1 saturated carbocycles. The number of hydrogen-bond donors (Lipinski definition) is 5. The normalized spacial score (nSPS) is 25.3. The van der Waals surface area contributed by atoms with E-state index in [0.29, 0.717) is 17.7 Å². The van der Waals surface area contributed by atoms with Gasteiger partial charge in [-0.05, 0) is 70.4 Å². The van der Waals surface area contributed by atoms with Crippen LogP contribution >= 0.6 is 0 Å². The van der Waals surface area contributed by atoms with E-state index in [4.69, 9.17) is 5.73 Å². The molecule has 0 saturated heterocycles. The first-order valence-electron chi connectivity index (χ1n) is 15.1. The molecule has 0 heterocycles. The summed E-state index contributed by atoms with van der Waals surface area (Å²) in [7, 11) is 6.92. The molecule has 43 heavy (non-hydrogen) atoms. The molecule has 11 nitrogen and oxygen atoms in total. The number of carbonyl (C=O) groups is 3. The fraction of sp³-hybridized carbons (Fsp3) is 0.594. The third-order valence-electron chi connectivity index (χ3n) is 9.31. The summed E-state index contributed by atoms with van der Waals surface area (Å²) in [6.45, 7) is 6.41. The van der Waals surface area contributed by atoms with Crippen molar-refractivity contribution in [3.8, 4) is 5.75 Å². The lowest BCUT2D eigenvalue weighted by Crippen LogP contribution is -2.65. The number of nitrogens with zero attached hydrogens (tertiary/aromatic N) is 3. The van der Waals surface area contributed by atoms with Crippen LogP contribution in [0.4, 0.5) is 5.69 Å². The number of ketones is 2. The van der Waals surface area contributed by atoms with Gasteiger partial charge in [0.05, 0.1) is 11.6 Å². The van der Waals surface area contributed by atoms with E-state index in [-0.39, 0.29) is 29.7 Å². The Morgan fingerprint density at radius 2 is 1.65 bits per heavy atom. The largest absolute Gasteiger partial charge is 0.508 e. The Hall–Kier alpha value is -3.41. The van der Waals surface area contributed by atoms with Gasteiger partial charge in [0, 0.05) is 43.4 Å². The van der Waals surface area contributed by atoms with Gasteiger partial charge >= 0.3 is 0 Å². The van der Waals surface area contributed by atoms with Crippen molar-refractivity contribution in [2.45, 2.75) is 70.6 Å². The topological polar surface area (TPSA) is 168 Å². The van der Waals surface area contributed by atoms with Crippen LogP contribution in [0.1, 0.15) is 62.6 Å². The van der Waals surface area contributed by atoms with Crippen LogP contribution in [0.2, 0.25) is 0 Å². The molecule has 3 aliphatic rings. The van der Waals surface area contributed by atoms with Gasteiger partial charge in [0.1, 0.15) is 22.8 Å². The fourth-order valence-electron chi connectivity index (χ4n) is 7.14.